The van der Waals surface area contributed by atoms with E-state index in [1.165, 1.54) is 12.8 Å². The fourth-order valence-electron chi connectivity index (χ4n) is 2.07. The molecule has 4 nitrogen and oxygen atoms in total. The second-order valence-corrected chi connectivity index (χ2v) is 8.14. The molecule has 5 heteroatoms. The van der Waals surface area contributed by atoms with E-state index in [0.717, 1.165) is 6.54 Å². The summed E-state index contributed by atoms with van der Waals surface area (Å²) in [6.45, 7) is 12.4. The van der Waals surface area contributed by atoms with E-state index in [2.05, 4.69) is 54.7 Å². The Hall–Kier alpha value is 0.0569. The molecule has 0 bridgehead atoms. The molecular formula is C12H32N4Si. The van der Waals surface area contributed by atoms with Crippen molar-refractivity contribution in [1.82, 2.24) is 20.1 Å². The van der Waals surface area contributed by atoms with Crippen molar-refractivity contribution in [2.24, 2.45) is 5.92 Å². The van der Waals surface area contributed by atoms with Crippen LogP contribution in [0.1, 0.15) is 47.5 Å². The van der Waals surface area contributed by atoms with Crippen LogP contribution in [0.25, 0.3) is 0 Å². The van der Waals surface area contributed by atoms with Gasteiger partial charge in [0.05, 0.1) is 0 Å². The van der Waals surface area contributed by atoms with Gasteiger partial charge in [0.1, 0.15) is 0 Å². The normalized spacial score (nSPS) is 13.1. The van der Waals surface area contributed by atoms with Crippen LogP contribution in [0.4, 0.5) is 0 Å². The fraction of sp³-hybridized carbons (Fsp3) is 1.00. The molecule has 0 aliphatic rings. The zero-order valence-corrected chi connectivity index (χ0v) is 13.9. The van der Waals surface area contributed by atoms with E-state index < -0.39 is 9.28 Å². The summed E-state index contributed by atoms with van der Waals surface area (Å²) in [5.41, 5.74) is 3.80. The van der Waals surface area contributed by atoms with Crippen LogP contribution >= 0.6 is 0 Å². The van der Waals surface area contributed by atoms with Gasteiger partial charge in [0.15, 0.2) is 0 Å². The van der Waals surface area contributed by atoms with E-state index in [9.17, 15) is 0 Å². The Kier molecular flexibility index (Phi) is 8.24. The van der Waals surface area contributed by atoms with Gasteiger partial charge in [-0.15, -0.1) is 0 Å². The van der Waals surface area contributed by atoms with Crippen molar-refractivity contribution in [2.45, 2.75) is 53.0 Å². The number of hydrogen-bond donors (Lipinski definition) is 3. The summed E-state index contributed by atoms with van der Waals surface area (Å²) in [4.78, 5) is 6.86. The van der Waals surface area contributed by atoms with Crippen molar-refractivity contribution in [2.75, 3.05) is 20.6 Å². The summed E-state index contributed by atoms with van der Waals surface area (Å²) in [6, 6.07) is 0. The highest BCUT2D eigenvalue weighted by molar-refractivity contribution is 6.49. The van der Waals surface area contributed by atoms with Gasteiger partial charge in [0.2, 0.25) is 0 Å². The van der Waals surface area contributed by atoms with Gasteiger partial charge in [-0.3, -0.25) is 5.43 Å². The summed E-state index contributed by atoms with van der Waals surface area (Å²) in [7, 11) is 2.78. The topological polar surface area (TPSA) is 39.3 Å². The molecule has 3 N–H and O–H groups in total. The molecule has 0 aromatic carbocycles. The Balaban J connectivity index is 4.69. The Morgan fingerprint density at radius 3 is 2.06 bits per heavy atom. The van der Waals surface area contributed by atoms with Gasteiger partial charge in [0, 0.05) is 12.1 Å². The Labute approximate surface area is 109 Å². The van der Waals surface area contributed by atoms with Gasteiger partial charge >= 0.3 is 0 Å². The van der Waals surface area contributed by atoms with Gasteiger partial charge in [-0.25, -0.2) is 4.67 Å². The van der Waals surface area contributed by atoms with E-state index in [4.69, 9.17) is 0 Å². The standard InChI is InChI=1S/C12H32N4Si/c1-8-9-12(4,5)16(15-10-11(2)3)17(13-6)14-7/h11,13-15,17H,8-10H2,1-7H3. The highest BCUT2D eigenvalue weighted by Gasteiger charge is 2.31. The third kappa shape index (κ3) is 5.97. The average Bonchev–Trinajstić information content (AvgIpc) is 2.23. The molecule has 17 heavy (non-hydrogen) atoms. The molecule has 0 radical (unpaired) electrons. The largest absolute Gasteiger partial charge is 0.318 e. The fourth-order valence-corrected chi connectivity index (χ4v) is 3.99. The molecule has 0 aromatic rings. The first-order chi connectivity index (χ1) is 7.88. The Morgan fingerprint density at radius 1 is 1.18 bits per heavy atom. The van der Waals surface area contributed by atoms with E-state index in [1.807, 2.05) is 14.1 Å². The maximum absolute atomic E-state index is 3.62. The lowest BCUT2D eigenvalue weighted by Gasteiger charge is -2.43. The van der Waals surface area contributed by atoms with E-state index in [1.54, 1.807) is 0 Å². The zero-order chi connectivity index (χ0) is 13.5. The highest BCUT2D eigenvalue weighted by Crippen LogP contribution is 2.18. The molecule has 0 heterocycles. The summed E-state index contributed by atoms with van der Waals surface area (Å²) in [5, 5.41) is 0. The minimum atomic E-state index is -1.30. The molecule has 0 aliphatic carbocycles. The maximum atomic E-state index is 3.62. The summed E-state index contributed by atoms with van der Waals surface area (Å²) in [6.07, 6.45) is 2.41. The van der Waals surface area contributed by atoms with Gasteiger partial charge in [-0.05, 0) is 40.3 Å². The first kappa shape index (κ1) is 17.1. The number of nitrogens with zero attached hydrogens (tertiary/aromatic N) is 1. The summed E-state index contributed by atoms with van der Waals surface area (Å²) < 4.78 is 2.44. The molecule has 0 aliphatic heterocycles. The van der Waals surface area contributed by atoms with Gasteiger partial charge in [-0.2, -0.15) is 0 Å². The lowest BCUT2D eigenvalue weighted by molar-refractivity contribution is 0.134. The quantitative estimate of drug-likeness (QED) is 0.430. The second kappa shape index (κ2) is 8.21. The molecule has 0 saturated carbocycles. The van der Waals surface area contributed by atoms with Crippen LogP contribution in [0.2, 0.25) is 0 Å². The molecule has 0 amide bonds. The molecule has 0 spiro atoms. The molecule has 0 unspecified atom stereocenters. The van der Waals surface area contributed by atoms with Crippen LogP contribution in [0.5, 0.6) is 0 Å². The van der Waals surface area contributed by atoms with Crippen LogP contribution < -0.4 is 15.4 Å². The zero-order valence-electron chi connectivity index (χ0n) is 12.7. The molecule has 104 valence electrons. The average molecular weight is 261 g/mol. The highest BCUT2D eigenvalue weighted by atomic mass is 28.3. The number of hydrazine groups is 1. The van der Waals surface area contributed by atoms with Crippen molar-refractivity contribution in [1.29, 1.82) is 0 Å². The van der Waals surface area contributed by atoms with E-state index in [-0.39, 0.29) is 5.54 Å². The van der Waals surface area contributed by atoms with E-state index in [0.29, 0.717) is 5.92 Å². The van der Waals surface area contributed by atoms with Gasteiger partial charge in [-0.1, -0.05) is 27.2 Å². The van der Waals surface area contributed by atoms with Crippen molar-refractivity contribution in [3.05, 3.63) is 0 Å². The Bertz CT molecular complexity index is 193. The third-order valence-electron chi connectivity index (χ3n) is 2.99. The number of hydrogen-bond acceptors (Lipinski definition) is 4. The minimum absolute atomic E-state index is 0.187. The van der Waals surface area contributed by atoms with Crippen LogP contribution in [0.15, 0.2) is 0 Å². The number of nitrogens with one attached hydrogen (secondary N) is 3. The molecule has 0 atom stereocenters. The monoisotopic (exact) mass is 260 g/mol. The van der Waals surface area contributed by atoms with Crippen LogP contribution in [-0.4, -0.2) is 40.1 Å². The summed E-state index contributed by atoms with van der Waals surface area (Å²) in [5.74, 6) is 0.665. The number of rotatable bonds is 9. The minimum Gasteiger partial charge on any atom is -0.318 e. The molecule has 0 aromatic heterocycles. The molecule has 0 rings (SSSR count). The van der Waals surface area contributed by atoms with Crippen LogP contribution in [0, 0.1) is 5.92 Å². The van der Waals surface area contributed by atoms with Crippen molar-refractivity contribution >= 4 is 9.28 Å². The van der Waals surface area contributed by atoms with Gasteiger partial charge < -0.3 is 9.96 Å². The second-order valence-electron chi connectivity index (χ2n) is 5.67. The maximum Gasteiger partial charge on any atom is 0.281 e. The predicted molar refractivity (Wildman–Crippen MR) is 78.9 cm³/mol. The smallest absolute Gasteiger partial charge is 0.281 e. The van der Waals surface area contributed by atoms with Crippen LogP contribution in [0.3, 0.4) is 0 Å². The van der Waals surface area contributed by atoms with Crippen molar-refractivity contribution in [3.63, 3.8) is 0 Å². The predicted octanol–water partition coefficient (Wildman–Crippen LogP) is 1.18. The van der Waals surface area contributed by atoms with Crippen LogP contribution in [-0.2, 0) is 0 Å². The summed E-state index contributed by atoms with van der Waals surface area (Å²) >= 11 is 0. The lowest BCUT2D eigenvalue weighted by atomic mass is 10.0. The molecular weight excluding hydrogens is 228 g/mol. The SMILES string of the molecule is CCCC(C)(C)N(NCC(C)C)[SiH](NC)NC. The Morgan fingerprint density at radius 2 is 1.71 bits per heavy atom. The first-order valence-corrected chi connectivity index (χ1v) is 8.43. The van der Waals surface area contributed by atoms with Crippen molar-refractivity contribution < 1.29 is 0 Å². The van der Waals surface area contributed by atoms with E-state index >= 15 is 0 Å². The molecule has 0 saturated heterocycles. The lowest BCUT2D eigenvalue weighted by Crippen LogP contribution is -2.69. The third-order valence-corrected chi connectivity index (χ3v) is 5.48. The van der Waals surface area contributed by atoms with Gasteiger partial charge in [0.25, 0.3) is 9.28 Å². The van der Waals surface area contributed by atoms with Crippen molar-refractivity contribution in [3.8, 4) is 0 Å². The first-order valence-electron chi connectivity index (χ1n) is 6.76. The molecule has 0 fully saturated rings.